The minimum absolute atomic E-state index is 0.112. The van der Waals surface area contributed by atoms with Crippen molar-refractivity contribution in [3.63, 3.8) is 0 Å². The number of halogens is 1. The van der Waals surface area contributed by atoms with Crippen molar-refractivity contribution in [2.75, 3.05) is 11.1 Å². The van der Waals surface area contributed by atoms with E-state index in [0.29, 0.717) is 5.16 Å². The lowest BCUT2D eigenvalue weighted by Crippen LogP contribution is -2.14. The molecule has 1 heterocycles. The number of nitrogens with one attached hydrogen (secondary N) is 1. The molecule has 4 aromatic rings. The number of hydrogen-bond donors (Lipinski definition) is 1. The number of carbonyl (C=O) groups is 1. The molecule has 4 nitrogen and oxygen atoms in total. The normalized spacial score (nSPS) is 10.8. The fourth-order valence-corrected chi connectivity index (χ4v) is 3.96. The second-order valence-corrected chi connectivity index (χ2v) is 8.25. The largest absolute Gasteiger partial charge is 0.325 e. The first-order valence-electron chi connectivity index (χ1n) is 9.89. The fraction of sp³-hybridized carbons (Fsp3) is 0.120. The minimum atomic E-state index is -0.299. The lowest BCUT2D eigenvalue weighted by molar-refractivity contribution is -0.113. The Bertz CT molecular complexity index is 1180. The van der Waals surface area contributed by atoms with E-state index in [1.54, 1.807) is 18.3 Å². The molecule has 0 aliphatic heterocycles. The van der Waals surface area contributed by atoms with Gasteiger partial charge in [0.25, 0.3) is 0 Å². The van der Waals surface area contributed by atoms with Crippen molar-refractivity contribution >= 4 is 23.4 Å². The quantitative estimate of drug-likeness (QED) is 0.379. The molecule has 1 N–H and O–H groups in total. The number of benzene rings is 3. The molecule has 0 saturated carbocycles. The number of carbonyl (C=O) groups excluding carboxylic acids is 1. The zero-order valence-corrected chi connectivity index (χ0v) is 18.1. The van der Waals surface area contributed by atoms with E-state index in [0.717, 1.165) is 28.2 Å². The molecule has 0 unspecified atom stereocenters. The van der Waals surface area contributed by atoms with Crippen molar-refractivity contribution < 1.29 is 9.18 Å². The third kappa shape index (κ3) is 5.03. The molecule has 0 fully saturated rings. The summed E-state index contributed by atoms with van der Waals surface area (Å²) < 4.78 is 15.5. The molecule has 4 rings (SSSR count). The maximum Gasteiger partial charge on any atom is 0.234 e. The van der Waals surface area contributed by atoms with Crippen LogP contribution >= 0.6 is 11.8 Å². The number of thioether (sulfide) groups is 1. The van der Waals surface area contributed by atoms with E-state index in [1.807, 2.05) is 66.9 Å². The smallest absolute Gasteiger partial charge is 0.234 e. The molecule has 0 saturated heterocycles. The number of imidazole rings is 1. The standard InChI is InChI=1S/C25H22FN3OS/c1-17-3-7-19(8-4-17)23-15-27-25(29(23)22-13-9-20(26)10-14-22)31-16-24(30)28-21-11-5-18(2)6-12-21/h3-15H,16H2,1-2H3,(H,28,30). The topological polar surface area (TPSA) is 46.9 Å². The first-order valence-corrected chi connectivity index (χ1v) is 10.9. The lowest BCUT2D eigenvalue weighted by Gasteiger charge is -2.12. The van der Waals surface area contributed by atoms with Crippen molar-refractivity contribution in [3.8, 4) is 16.9 Å². The Morgan fingerprint density at radius 3 is 2.19 bits per heavy atom. The molecular formula is C25H22FN3OS. The molecule has 0 aliphatic carbocycles. The van der Waals surface area contributed by atoms with Gasteiger partial charge >= 0.3 is 0 Å². The fourth-order valence-electron chi connectivity index (χ4n) is 3.17. The zero-order valence-electron chi connectivity index (χ0n) is 17.3. The SMILES string of the molecule is Cc1ccc(NC(=O)CSc2ncc(-c3ccc(C)cc3)n2-c2ccc(F)cc2)cc1. The highest BCUT2D eigenvalue weighted by molar-refractivity contribution is 7.99. The highest BCUT2D eigenvalue weighted by Gasteiger charge is 2.16. The van der Waals surface area contributed by atoms with Gasteiger partial charge in [-0.1, -0.05) is 59.3 Å². The van der Waals surface area contributed by atoms with Gasteiger partial charge in [0.2, 0.25) is 5.91 Å². The Balaban J connectivity index is 1.59. The van der Waals surface area contributed by atoms with Crippen molar-refractivity contribution in [2.45, 2.75) is 19.0 Å². The van der Waals surface area contributed by atoms with Crippen LogP contribution in [0.4, 0.5) is 10.1 Å². The Morgan fingerprint density at radius 2 is 1.55 bits per heavy atom. The monoisotopic (exact) mass is 431 g/mol. The van der Waals surface area contributed by atoms with Crippen LogP contribution in [0.25, 0.3) is 16.9 Å². The second kappa shape index (κ2) is 9.18. The summed E-state index contributed by atoms with van der Waals surface area (Å²) in [5, 5.41) is 3.57. The summed E-state index contributed by atoms with van der Waals surface area (Å²) in [4.78, 5) is 17.0. The minimum Gasteiger partial charge on any atom is -0.325 e. The Morgan fingerprint density at radius 1 is 0.935 bits per heavy atom. The van der Waals surface area contributed by atoms with E-state index in [-0.39, 0.29) is 17.5 Å². The van der Waals surface area contributed by atoms with Crippen LogP contribution in [0.3, 0.4) is 0 Å². The van der Waals surface area contributed by atoms with Crippen LogP contribution in [-0.2, 0) is 4.79 Å². The lowest BCUT2D eigenvalue weighted by atomic mass is 10.1. The van der Waals surface area contributed by atoms with Crippen LogP contribution in [0, 0.1) is 19.7 Å². The van der Waals surface area contributed by atoms with Crippen molar-refractivity contribution in [3.05, 3.63) is 95.9 Å². The Kier molecular flexibility index (Phi) is 6.18. The van der Waals surface area contributed by atoms with E-state index in [1.165, 1.54) is 29.5 Å². The molecule has 1 amide bonds. The summed E-state index contributed by atoms with van der Waals surface area (Å²) in [6, 6.07) is 22.1. The number of anilines is 1. The predicted octanol–water partition coefficient (Wildman–Crippen LogP) is 6.03. The average Bonchev–Trinajstić information content (AvgIpc) is 3.19. The van der Waals surface area contributed by atoms with E-state index >= 15 is 0 Å². The summed E-state index contributed by atoms with van der Waals surface area (Å²) in [5.74, 6) is -0.203. The summed E-state index contributed by atoms with van der Waals surface area (Å²) in [6.45, 7) is 4.04. The third-order valence-corrected chi connectivity index (χ3v) is 5.78. The molecule has 0 aliphatic rings. The van der Waals surface area contributed by atoms with E-state index in [4.69, 9.17) is 0 Å². The highest BCUT2D eigenvalue weighted by Crippen LogP contribution is 2.30. The summed E-state index contributed by atoms with van der Waals surface area (Å²) in [6.07, 6.45) is 1.79. The van der Waals surface area contributed by atoms with Crippen LogP contribution in [0.1, 0.15) is 11.1 Å². The molecule has 1 aromatic heterocycles. The first kappa shape index (κ1) is 20.9. The molecule has 156 valence electrons. The van der Waals surface area contributed by atoms with Crippen LogP contribution in [0.2, 0.25) is 0 Å². The van der Waals surface area contributed by atoms with Crippen LogP contribution < -0.4 is 5.32 Å². The number of aromatic nitrogens is 2. The summed E-state index contributed by atoms with van der Waals surface area (Å²) >= 11 is 1.34. The Hall–Kier alpha value is -3.38. The van der Waals surface area contributed by atoms with Gasteiger partial charge in [0.1, 0.15) is 5.82 Å². The predicted molar refractivity (Wildman–Crippen MR) is 124 cm³/mol. The molecule has 6 heteroatoms. The van der Waals surface area contributed by atoms with Crippen LogP contribution in [0.15, 0.2) is 84.1 Å². The number of aryl methyl sites for hydroxylation is 2. The van der Waals surface area contributed by atoms with Crippen LogP contribution in [-0.4, -0.2) is 21.2 Å². The number of rotatable bonds is 6. The first-order chi connectivity index (χ1) is 15.0. The molecule has 0 atom stereocenters. The van der Waals surface area contributed by atoms with Gasteiger partial charge in [0, 0.05) is 16.9 Å². The molecule has 0 spiro atoms. The molecule has 0 bridgehead atoms. The molecular weight excluding hydrogens is 409 g/mol. The van der Waals surface area contributed by atoms with Gasteiger partial charge in [-0.2, -0.15) is 0 Å². The van der Waals surface area contributed by atoms with E-state index in [2.05, 4.69) is 10.3 Å². The zero-order chi connectivity index (χ0) is 21.8. The number of hydrogen-bond acceptors (Lipinski definition) is 3. The van der Waals surface area contributed by atoms with Crippen molar-refractivity contribution in [1.82, 2.24) is 9.55 Å². The van der Waals surface area contributed by atoms with Gasteiger partial charge in [-0.3, -0.25) is 9.36 Å². The van der Waals surface area contributed by atoms with Crippen molar-refractivity contribution in [2.24, 2.45) is 0 Å². The molecule has 3 aromatic carbocycles. The van der Waals surface area contributed by atoms with Crippen molar-refractivity contribution in [1.29, 1.82) is 0 Å². The Labute approximate surface area is 185 Å². The van der Waals surface area contributed by atoms with Crippen LogP contribution in [0.5, 0.6) is 0 Å². The maximum atomic E-state index is 13.5. The van der Waals surface area contributed by atoms with Gasteiger partial charge in [-0.05, 0) is 50.2 Å². The highest BCUT2D eigenvalue weighted by atomic mass is 32.2. The number of amides is 1. The molecule has 0 radical (unpaired) electrons. The van der Waals surface area contributed by atoms with Gasteiger partial charge < -0.3 is 5.32 Å². The van der Waals surface area contributed by atoms with Gasteiger partial charge in [0.05, 0.1) is 17.6 Å². The van der Waals surface area contributed by atoms with Gasteiger partial charge in [-0.25, -0.2) is 9.37 Å². The van der Waals surface area contributed by atoms with Gasteiger partial charge in [0.15, 0.2) is 5.16 Å². The molecule has 31 heavy (non-hydrogen) atoms. The maximum absolute atomic E-state index is 13.5. The third-order valence-electron chi connectivity index (χ3n) is 4.83. The second-order valence-electron chi connectivity index (χ2n) is 7.31. The summed E-state index contributed by atoms with van der Waals surface area (Å²) in [7, 11) is 0. The summed E-state index contributed by atoms with van der Waals surface area (Å²) in [5.41, 5.74) is 5.73. The van der Waals surface area contributed by atoms with E-state index in [9.17, 15) is 9.18 Å². The average molecular weight is 432 g/mol. The number of nitrogens with zero attached hydrogens (tertiary/aromatic N) is 2. The van der Waals surface area contributed by atoms with E-state index < -0.39 is 0 Å². The van der Waals surface area contributed by atoms with Gasteiger partial charge in [-0.15, -0.1) is 0 Å².